The lowest BCUT2D eigenvalue weighted by molar-refractivity contribution is 0.555. The number of aryl methyl sites for hydroxylation is 3. The average Bonchev–Trinajstić information content (AvgIpc) is 2.86. The molecule has 0 saturated heterocycles. The number of nitrogens with zero attached hydrogens (tertiary/aromatic N) is 3. The minimum atomic E-state index is 0. The molecule has 0 aliphatic carbocycles. The van der Waals surface area contributed by atoms with Crippen molar-refractivity contribution < 1.29 is 0 Å². The van der Waals surface area contributed by atoms with Crippen LogP contribution in [0.25, 0.3) is 0 Å². The molecule has 0 spiro atoms. The molecule has 2 aromatic rings. The Morgan fingerprint density at radius 3 is 2.64 bits per heavy atom. The lowest BCUT2D eigenvalue weighted by atomic mass is 10.2. The SMILES string of the molecule is CN=C(NCCCn1nc(C)cc1C)NCc1ccc(Br)cc1Cl.I. The normalized spacial score (nSPS) is 11.2. The molecule has 1 aromatic carbocycles. The molecule has 25 heavy (non-hydrogen) atoms. The van der Waals surface area contributed by atoms with Crippen LogP contribution < -0.4 is 10.6 Å². The lowest BCUT2D eigenvalue weighted by Crippen LogP contribution is -2.37. The largest absolute Gasteiger partial charge is 0.356 e. The summed E-state index contributed by atoms with van der Waals surface area (Å²) in [5.41, 5.74) is 3.29. The maximum atomic E-state index is 6.23. The van der Waals surface area contributed by atoms with E-state index in [0.717, 1.165) is 46.2 Å². The second kappa shape index (κ2) is 11.0. The number of rotatable bonds is 6. The van der Waals surface area contributed by atoms with Crippen molar-refractivity contribution in [1.29, 1.82) is 0 Å². The highest BCUT2D eigenvalue weighted by molar-refractivity contribution is 14.0. The third-order valence-corrected chi connectivity index (χ3v) is 4.47. The van der Waals surface area contributed by atoms with Crippen LogP contribution in [0.5, 0.6) is 0 Å². The minimum absolute atomic E-state index is 0. The Kier molecular flexibility index (Phi) is 9.81. The van der Waals surface area contributed by atoms with Gasteiger partial charge in [-0.15, -0.1) is 24.0 Å². The molecule has 1 aromatic heterocycles. The van der Waals surface area contributed by atoms with Crippen LogP contribution in [0.3, 0.4) is 0 Å². The fourth-order valence-corrected chi connectivity index (χ4v) is 3.14. The Balaban J connectivity index is 0.00000312. The molecule has 0 atom stereocenters. The first-order chi connectivity index (χ1) is 11.5. The fourth-order valence-electron chi connectivity index (χ4n) is 2.40. The van der Waals surface area contributed by atoms with Crippen LogP contribution in [0, 0.1) is 13.8 Å². The van der Waals surface area contributed by atoms with Gasteiger partial charge < -0.3 is 10.6 Å². The molecule has 2 rings (SSSR count). The quantitative estimate of drug-likeness (QED) is 0.249. The molecule has 0 fully saturated rings. The fraction of sp³-hybridized carbons (Fsp3) is 0.412. The molecule has 8 heteroatoms. The predicted molar refractivity (Wildman–Crippen MR) is 119 cm³/mol. The van der Waals surface area contributed by atoms with E-state index in [2.05, 4.69) is 49.6 Å². The standard InChI is InChI=1S/C17H23BrClN5.HI/c1-12-9-13(2)24(23-12)8-4-7-21-17(20-3)22-11-14-5-6-15(18)10-16(14)19;/h5-6,9-10H,4,7-8,11H2,1-3H3,(H2,20,21,22);1H. The van der Waals surface area contributed by atoms with Crippen LogP contribution in [0.15, 0.2) is 33.7 Å². The third-order valence-electron chi connectivity index (χ3n) is 3.63. The molecule has 0 unspecified atom stereocenters. The van der Waals surface area contributed by atoms with Crippen molar-refractivity contribution >= 4 is 57.5 Å². The third kappa shape index (κ3) is 7.15. The van der Waals surface area contributed by atoms with Gasteiger partial charge in [-0.2, -0.15) is 5.10 Å². The van der Waals surface area contributed by atoms with Crippen molar-refractivity contribution in [3.05, 3.63) is 50.7 Å². The molecule has 0 bridgehead atoms. The summed E-state index contributed by atoms with van der Waals surface area (Å²) in [6, 6.07) is 7.96. The molecule has 0 amide bonds. The van der Waals surface area contributed by atoms with E-state index in [4.69, 9.17) is 11.6 Å². The number of benzene rings is 1. The van der Waals surface area contributed by atoms with Gasteiger partial charge in [-0.1, -0.05) is 33.6 Å². The summed E-state index contributed by atoms with van der Waals surface area (Å²) in [6.07, 6.45) is 0.974. The van der Waals surface area contributed by atoms with Gasteiger partial charge in [-0.25, -0.2) is 0 Å². The minimum Gasteiger partial charge on any atom is -0.356 e. The lowest BCUT2D eigenvalue weighted by Gasteiger charge is -2.13. The summed E-state index contributed by atoms with van der Waals surface area (Å²) in [5.74, 6) is 0.766. The zero-order chi connectivity index (χ0) is 17.5. The molecule has 0 saturated carbocycles. The van der Waals surface area contributed by atoms with Crippen molar-refractivity contribution in [1.82, 2.24) is 20.4 Å². The Bertz CT molecular complexity index is 717. The Morgan fingerprint density at radius 2 is 2.04 bits per heavy atom. The Hall–Kier alpha value is -0.800. The van der Waals surface area contributed by atoms with Crippen LogP contribution >= 0.6 is 51.5 Å². The molecule has 0 radical (unpaired) electrons. The topological polar surface area (TPSA) is 54.2 Å². The Labute approximate surface area is 179 Å². The summed E-state index contributed by atoms with van der Waals surface area (Å²) in [6.45, 7) is 6.44. The average molecular weight is 541 g/mol. The molecular weight excluding hydrogens is 516 g/mol. The molecule has 0 aliphatic rings. The second-order valence-electron chi connectivity index (χ2n) is 5.59. The number of aliphatic imine (C=N–C) groups is 1. The van der Waals surface area contributed by atoms with Gasteiger partial charge in [-0.3, -0.25) is 9.67 Å². The van der Waals surface area contributed by atoms with Crippen LogP contribution in [0.1, 0.15) is 23.4 Å². The van der Waals surface area contributed by atoms with E-state index >= 15 is 0 Å². The van der Waals surface area contributed by atoms with Gasteiger partial charge in [0.2, 0.25) is 0 Å². The van der Waals surface area contributed by atoms with E-state index in [9.17, 15) is 0 Å². The zero-order valence-corrected chi connectivity index (χ0v) is 19.3. The van der Waals surface area contributed by atoms with Crippen molar-refractivity contribution in [2.75, 3.05) is 13.6 Å². The zero-order valence-electron chi connectivity index (χ0n) is 14.6. The van der Waals surface area contributed by atoms with Crippen LogP contribution in [0.4, 0.5) is 0 Å². The smallest absolute Gasteiger partial charge is 0.191 e. The van der Waals surface area contributed by atoms with Gasteiger partial charge in [0, 0.05) is 41.9 Å². The maximum Gasteiger partial charge on any atom is 0.191 e. The number of halogens is 3. The number of guanidine groups is 1. The summed E-state index contributed by atoms with van der Waals surface area (Å²) in [7, 11) is 1.76. The van der Waals surface area contributed by atoms with E-state index < -0.39 is 0 Å². The molecular formula is C17H24BrClIN5. The van der Waals surface area contributed by atoms with E-state index in [-0.39, 0.29) is 24.0 Å². The van der Waals surface area contributed by atoms with Gasteiger partial charge in [0.1, 0.15) is 0 Å². The number of hydrogen-bond acceptors (Lipinski definition) is 2. The highest BCUT2D eigenvalue weighted by Crippen LogP contribution is 2.21. The highest BCUT2D eigenvalue weighted by atomic mass is 127. The molecule has 1 heterocycles. The molecule has 0 aliphatic heterocycles. The van der Waals surface area contributed by atoms with Crippen LogP contribution in [0.2, 0.25) is 5.02 Å². The summed E-state index contributed by atoms with van der Waals surface area (Å²) >= 11 is 9.64. The van der Waals surface area contributed by atoms with Gasteiger partial charge in [0.15, 0.2) is 5.96 Å². The number of aromatic nitrogens is 2. The van der Waals surface area contributed by atoms with Gasteiger partial charge >= 0.3 is 0 Å². The van der Waals surface area contributed by atoms with Crippen molar-refractivity contribution in [3.63, 3.8) is 0 Å². The van der Waals surface area contributed by atoms with Crippen molar-refractivity contribution in [2.45, 2.75) is 33.4 Å². The monoisotopic (exact) mass is 539 g/mol. The second-order valence-corrected chi connectivity index (χ2v) is 6.91. The summed E-state index contributed by atoms with van der Waals surface area (Å²) in [5, 5.41) is 11.8. The van der Waals surface area contributed by atoms with E-state index in [1.54, 1.807) is 7.05 Å². The Morgan fingerprint density at radius 1 is 1.28 bits per heavy atom. The van der Waals surface area contributed by atoms with Gasteiger partial charge in [-0.05, 0) is 44.0 Å². The predicted octanol–water partition coefficient (Wildman–Crippen LogP) is 4.29. The van der Waals surface area contributed by atoms with E-state index in [1.165, 1.54) is 5.69 Å². The summed E-state index contributed by atoms with van der Waals surface area (Å²) in [4.78, 5) is 4.24. The van der Waals surface area contributed by atoms with Gasteiger partial charge in [0.25, 0.3) is 0 Å². The number of hydrogen-bond donors (Lipinski definition) is 2. The van der Waals surface area contributed by atoms with E-state index in [1.807, 2.05) is 29.8 Å². The van der Waals surface area contributed by atoms with Crippen molar-refractivity contribution in [2.24, 2.45) is 4.99 Å². The first kappa shape index (κ1) is 22.2. The highest BCUT2D eigenvalue weighted by Gasteiger charge is 2.04. The molecule has 2 N–H and O–H groups in total. The van der Waals surface area contributed by atoms with Crippen molar-refractivity contribution in [3.8, 4) is 0 Å². The van der Waals surface area contributed by atoms with E-state index in [0.29, 0.717) is 6.54 Å². The van der Waals surface area contributed by atoms with Crippen LogP contribution in [-0.2, 0) is 13.1 Å². The van der Waals surface area contributed by atoms with Crippen LogP contribution in [-0.4, -0.2) is 29.3 Å². The molecule has 138 valence electrons. The summed E-state index contributed by atoms with van der Waals surface area (Å²) < 4.78 is 3.01. The van der Waals surface area contributed by atoms with Gasteiger partial charge in [0.05, 0.1) is 5.69 Å². The first-order valence-electron chi connectivity index (χ1n) is 7.89. The maximum absolute atomic E-state index is 6.23. The molecule has 5 nitrogen and oxygen atoms in total. The first-order valence-corrected chi connectivity index (χ1v) is 9.06. The number of nitrogens with one attached hydrogen (secondary N) is 2.